The zero-order chi connectivity index (χ0) is 11.8. The van der Waals surface area contributed by atoms with E-state index in [0.717, 1.165) is 5.52 Å². The van der Waals surface area contributed by atoms with E-state index >= 15 is 0 Å². The van der Waals surface area contributed by atoms with E-state index in [4.69, 9.17) is 9.84 Å². The van der Waals surface area contributed by atoms with Crippen LogP contribution >= 0.6 is 0 Å². The minimum absolute atomic E-state index is 0.0411. The van der Waals surface area contributed by atoms with Gasteiger partial charge in [0.1, 0.15) is 11.9 Å². The molecule has 1 N–H and O–H groups in total. The van der Waals surface area contributed by atoms with Crippen molar-refractivity contribution in [2.45, 2.75) is 12.3 Å². The van der Waals surface area contributed by atoms with Crippen molar-refractivity contribution >= 4 is 10.9 Å². The molecule has 17 heavy (non-hydrogen) atoms. The highest BCUT2D eigenvalue weighted by molar-refractivity contribution is 5.80. The molecule has 0 saturated heterocycles. The Hall–Kier alpha value is -1.65. The van der Waals surface area contributed by atoms with Crippen LogP contribution in [0.1, 0.15) is 6.23 Å². The summed E-state index contributed by atoms with van der Waals surface area (Å²) in [6.07, 6.45) is 4.93. The first kappa shape index (κ1) is 10.5. The Morgan fingerprint density at radius 3 is 2.94 bits per heavy atom. The van der Waals surface area contributed by atoms with E-state index in [1.165, 1.54) is 6.07 Å². The second kappa shape index (κ2) is 3.98. The molecule has 1 aromatic carbocycles. The van der Waals surface area contributed by atoms with Crippen molar-refractivity contribution < 1.29 is 14.2 Å². The third kappa shape index (κ3) is 1.66. The van der Waals surface area contributed by atoms with E-state index in [9.17, 15) is 4.39 Å². The highest BCUT2D eigenvalue weighted by Crippen LogP contribution is 2.27. The van der Waals surface area contributed by atoms with Gasteiger partial charge in [-0.1, -0.05) is 12.1 Å². The van der Waals surface area contributed by atoms with Crippen LogP contribution in [-0.4, -0.2) is 22.4 Å². The van der Waals surface area contributed by atoms with Crippen LogP contribution in [0.25, 0.3) is 10.9 Å². The number of aliphatic hydroxyl groups excluding tert-OH is 1. The van der Waals surface area contributed by atoms with E-state index < -0.39 is 0 Å². The minimum atomic E-state index is -0.272. The van der Waals surface area contributed by atoms with E-state index in [0.29, 0.717) is 5.39 Å². The average Bonchev–Trinajstić information content (AvgIpc) is 2.94. The first-order valence-corrected chi connectivity index (χ1v) is 5.49. The molecule has 1 aliphatic rings. The van der Waals surface area contributed by atoms with Crippen molar-refractivity contribution in [3.63, 3.8) is 0 Å². The number of benzene rings is 1. The zero-order valence-electron chi connectivity index (χ0n) is 9.08. The SMILES string of the molecule is OC[C@@H]1C=C[C@H](n2ccc3c(F)cccc32)O1. The maximum absolute atomic E-state index is 13.5. The molecule has 1 aromatic heterocycles. The molecule has 2 heterocycles. The highest BCUT2D eigenvalue weighted by Gasteiger charge is 2.21. The van der Waals surface area contributed by atoms with Crippen LogP contribution in [0.5, 0.6) is 0 Å². The van der Waals surface area contributed by atoms with Gasteiger partial charge in [0.05, 0.1) is 12.1 Å². The lowest BCUT2D eigenvalue weighted by Gasteiger charge is -2.15. The molecule has 2 atom stereocenters. The molecular formula is C13H12FNO2. The number of fused-ring (bicyclic) bond motifs is 1. The van der Waals surface area contributed by atoms with Gasteiger partial charge in [0.15, 0.2) is 6.23 Å². The van der Waals surface area contributed by atoms with Crippen molar-refractivity contribution in [1.82, 2.24) is 4.57 Å². The number of ether oxygens (including phenoxy) is 1. The number of aromatic nitrogens is 1. The van der Waals surface area contributed by atoms with E-state index in [1.807, 2.05) is 22.8 Å². The van der Waals surface area contributed by atoms with Gasteiger partial charge in [0.2, 0.25) is 0 Å². The Morgan fingerprint density at radius 2 is 2.18 bits per heavy atom. The summed E-state index contributed by atoms with van der Waals surface area (Å²) in [4.78, 5) is 0. The quantitative estimate of drug-likeness (QED) is 0.807. The highest BCUT2D eigenvalue weighted by atomic mass is 19.1. The lowest BCUT2D eigenvalue weighted by atomic mass is 10.2. The summed E-state index contributed by atoms with van der Waals surface area (Å²) >= 11 is 0. The summed E-state index contributed by atoms with van der Waals surface area (Å²) in [5, 5.41) is 9.57. The van der Waals surface area contributed by atoms with E-state index in [1.54, 1.807) is 18.3 Å². The lowest BCUT2D eigenvalue weighted by Crippen LogP contribution is -2.14. The molecule has 0 amide bonds. The third-order valence-corrected chi connectivity index (χ3v) is 2.97. The molecule has 0 radical (unpaired) electrons. The molecular weight excluding hydrogens is 221 g/mol. The second-order valence-electron chi connectivity index (χ2n) is 4.03. The van der Waals surface area contributed by atoms with Crippen LogP contribution in [0.4, 0.5) is 4.39 Å². The number of halogens is 1. The average molecular weight is 233 g/mol. The van der Waals surface area contributed by atoms with Crippen LogP contribution in [0, 0.1) is 5.82 Å². The summed E-state index contributed by atoms with van der Waals surface area (Å²) in [6.45, 7) is -0.0411. The molecule has 0 saturated carbocycles. The van der Waals surface area contributed by atoms with Gasteiger partial charge in [0, 0.05) is 11.6 Å². The van der Waals surface area contributed by atoms with E-state index in [2.05, 4.69) is 0 Å². The van der Waals surface area contributed by atoms with Crippen molar-refractivity contribution in [2.24, 2.45) is 0 Å². The predicted octanol–water partition coefficient (Wildman–Crippen LogP) is 2.23. The fourth-order valence-electron chi connectivity index (χ4n) is 2.12. The van der Waals surface area contributed by atoms with Crippen LogP contribution in [-0.2, 0) is 4.74 Å². The number of aliphatic hydroxyl groups is 1. The van der Waals surface area contributed by atoms with Crippen molar-refractivity contribution in [3.8, 4) is 0 Å². The van der Waals surface area contributed by atoms with Gasteiger partial charge in [-0.15, -0.1) is 0 Å². The number of nitrogens with zero attached hydrogens (tertiary/aromatic N) is 1. The molecule has 1 aliphatic heterocycles. The second-order valence-corrected chi connectivity index (χ2v) is 4.03. The molecule has 0 bridgehead atoms. The first-order valence-electron chi connectivity index (χ1n) is 5.49. The fraction of sp³-hybridized carbons (Fsp3) is 0.231. The van der Waals surface area contributed by atoms with Gasteiger partial charge in [-0.25, -0.2) is 4.39 Å². The molecule has 3 rings (SSSR count). The maximum Gasteiger partial charge on any atom is 0.154 e. The Balaban J connectivity index is 2.02. The van der Waals surface area contributed by atoms with Crippen LogP contribution in [0.15, 0.2) is 42.6 Å². The third-order valence-electron chi connectivity index (χ3n) is 2.97. The van der Waals surface area contributed by atoms with Crippen molar-refractivity contribution in [2.75, 3.05) is 6.61 Å². The summed E-state index contributed by atoms with van der Waals surface area (Å²) < 4.78 is 21.0. The standard InChI is InChI=1S/C13H12FNO2/c14-11-2-1-3-12-10(11)6-7-15(12)13-5-4-9(8-16)17-13/h1-7,9,13,16H,8H2/t9-,13+/m0/s1. The Kier molecular flexibility index (Phi) is 2.46. The van der Waals surface area contributed by atoms with E-state index in [-0.39, 0.29) is 24.8 Å². The molecule has 0 aliphatic carbocycles. The van der Waals surface area contributed by atoms with Crippen LogP contribution in [0.2, 0.25) is 0 Å². The molecule has 4 heteroatoms. The Labute approximate surface area is 97.7 Å². The molecule has 88 valence electrons. The Morgan fingerprint density at radius 1 is 1.29 bits per heavy atom. The van der Waals surface area contributed by atoms with Crippen molar-refractivity contribution in [1.29, 1.82) is 0 Å². The monoisotopic (exact) mass is 233 g/mol. The summed E-state index contributed by atoms with van der Waals surface area (Å²) in [6, 6.07) is 6.70. The topological polar surface area (TPSA) is 34.4 Å². The zero-order valence-corrected chi connectivity index (χ0v) is 9.08. The maximum atomic E-state index is 13.5. The molecule has 0 fully saturated rings. The van der Waals surface area contributed by atoms with Crippen LogP contribution in [0.3, 0.4) is 0 Å². The van der Waals surface area contributed by atoms with Gasteiger partial charge in [0.25, 0.3) is 0 Å². The van der Waals surface area contributed by atoms with Gasteiger partial charge in [-0.3, -0.25) is 0 Å². The van der Waals surface area contributed by atoms with Crippen molar-refractivity contribution in [3.05, 3.63) is 48.4 Å². The number of hydrogen-bond acceptors (Lipinski definition) is 2. The predicted molar refractivity (Wildman–Crippen MR) is 62.0 cm³/mol. The van der Waals surface area contributed by atoms with Gasteiger partial charge in [-0.05, 0) is 24.3 Å². The fourth-order valence-corrected chi connectivity index (χ4v) is 2.12. The largest absolute Gasteiger partial charge is 0.393 e. The number of rotatable bonds is 2. The summed E-state index contributed by atoms with van der Waals surface area (Å²) in [5.74, 6) is -0.234. The molecule has 0 unspecified atom stereocenters. The molecule has 0 spiro atoms. The van der Waals surface area contributed by atoms with Crippen LogP contribution < -0.4 is 0 Å². The lowest BCUT2D eigenvalue weighted by molar-refractivity contribution is -0.00590. The van der Waals surface area contributed by atoms with Gasteiger partial charge < -0.3 is 14.4 Å². The smallest absolute Gasteiger partial charge is 0.154 e. The van der Waals surface area contributed by atoms with Gasteiger partial charge in [-0.2, -0.15) is 0 Å². The minimum Gasteiger partial charge on any atom is -0.393 e. The molecule has 2 aromatic rings. The first-order chi connectivity index (χ1) is 8.29. The normalized spacial score (nSPS) is 23.6. The Bertz CT molecular complexity index is 576. The summed E-state index contributed by atoms with van der Waals surface area (Å²) in [7, 11) is 0. The summed E-state index contributed by atoms with van der Waals surface area (Å²) in [5.41, 5.74) is 0.790. The number of hydrogen-bond donors (Lipinski definition) is 1. The molecule has 3 nitrogen and oxygen atoms in total. The van der Waals surface area contributed by atoms with Gasteiger partial charge >= 0.3 is 0 Å².